The van der Waals surface area contributed by atoms with Gasteiger partial charge in [0.25, 0.3) is 5.91 Å². The number of nitrogens with zero attached hydrogens (tertiary/aromatic N) is 2. The lowest BCUT2D eigenvalue weighted by Crippen LogP contribution is -2.29. The minimum Gasteiger partial charge on any atom is -0.473 e. The first-order chi connectivity index (χ1) is 9.72. The molecule has 2 aliphatic heterocycles. The molecule has 2 aliphatic rings. The van der Waals surface area contributed by atoms with Gasteiger partial charge in [-0.1, -0.05) is 0 Å². The summed E-state index contributed by atoms with van der Waals surface area (Å²) in [6.45, 7) is 1.02. The van der Waals surface area contributed by atoms with E-state index in [9.17, 15) is 9.90 Å². The summed E-state index contributed by atoms with van der Waals surface area (Å²) in [4.78, 5) is 18.2. The van der Waals surface area contributed by atoms with Crippen molar-refractivity contribution in [2.45, 2.75) is 25.0 Å². The molecule has 0 bridgehead atoms. The van der Waals surface area contributed by atoms with Crippen molar-refractivity contribution in [1.29, 1.82) is 0 Å². The standard InChI is InChI=1S/C14H18N2O3S/c17-11-2-5-16(8-11)14(18)10-1-4-15-13(7-10)19-12-3-6-20-9-12/h1,4,7,11-12,17H,2-3,5-6,8-9H2. The number of likely N-dealkylation sites (tertiary alicyclic amines) is 1. The molecule has 0 radical (unpaired) electrons. The van der Waals surface area contributed by atoms with Gasteiger partial charge < -0.3 is 14.7 Å². The molecule has 2 unspecified atom stereocenters. The third-order valence-corrected chi connectivity index (χ3v) is 4.74. The Balaban J connectivity index is 1.68. The number of hydrogen-bond acceptors (Lipinski definition) is 5. The third kappa shape index (κ3) is 3.07. The number of carbonyl (C=O) groups is 1. The van der Waals surface area contributed by atoms with Crippen molar-refractivity contribution >= 4 is 17.7 Å². The Bertz CT molecular complexity index is 491. The van der Waals surface area contributed by atoms with Crippen molar-refractivity contribution in [2.24, 2.45) is 0 Å². The van der Waals surface area contributed by atoms with E-state index in [-0.39, 0.29) is 12.0 Å². The second kappa shape index (κ2) is 6.01. The van der Waals surface area contributed by atoms with Gasteiger partial charge >= 0.3 is 0 Å². The molecule has 1 aromatic heterocycles. The summed E-state index contributed by atoms with van der Waals surface area (Å²) in [5.41, 5.74) is 0.578. The molecule has 3 heterocycles. The fraction of sp³-hybridized carbons (Fsp3) is 0.571. The van der Waals surface area contributed by atoms with Gasteiger partial charge in [-0.05, 0) is 24.7 Å². The first kappa shape index (κ1) is 13.7. The maximum absolute atomic E-state index is 12.3. The molecule has 1 amide bonds. The van der Waals surface area contributed by atoms with E-state index < -0.39 is 6.10 Å². The molecule has 0 aromatic carbocycles. The molecule has 2 atom stereocenters. The van der Waals surface area contributed by atoms with Gasteiger partial charge in [-0.25, -0.2) is 4.98 Å². The second-order valence-electron chi connectivity index (χ2n) is 5.18. The average Bonchev–Trinajstić information content (AvgIpc) is 3.10. The number of pyridine rings is 1. The molecular formula is C14H18N2O3S. The molecule has 3 rings (SSSR count). The molecule has 20 heavy (non-hydrogen) atoms. The first-order valence-corrected chi connectivity index (χ1v) is 8.05. The Hall–Kier alpha value is -1.27. The van der Waals surface area contributed by atoms with Crippen molar-refractivity contribution in [2.75, 3.05) is 24.6 Å². The van der Waals surface area contributed by atoms with Crippen LogP contribution in [0.2, 0.25) is 0 Å². The summed E-state index contributed by atoms with van der Waals surface area (Å²) >= 11 is 1.88. The Labute approximate surface area is 122 Å². The highest BCUT2D eigenvalue weighted by molar-refractivity contribution is 7.99. The minimum atomic E-state index is -0.396. The van der Waals surface area contributed by atoms with Gasteiger partial charge in [-0.3, -0.25) is 4.79 Å². The van der Waals surface area contributed by atoms with E-state index in [1.807, 2.05) is 11.8 Å². The van der Waals surface area contributed by atoms with Crippen LogP contribution < -0.4 is 4.74 Å². The summed E-state index contributed by atoms with van der Waals surface area (Å²) < 4.78 is 5.80. The van der Waals surface area contributed by atoms with Crippen molar-refractivity contribution in [3.63, 3.8) is 0 Å². The lowest BCUT2D eigenvalue weighted by Gasteiger charge is -2.16. The summed E-state index contributed by atoms with van der Waals surface area (Å²) in [5, 5.41) is 9.51. The number of thioether (sulfide) groups is 1. The monoisotopic (exact) mass is 294 g/mol. The highest BCUT2D eigenvalue weighted by Gasteiger charge is 2.26. The predicted octanol–water partition coefficient (Wildman–Crippen LogP) is 1.17. The van der Waals surface area contributed by atoms with Gasteiger partial charge in [-0.15, -0.1) is 0 Å². The minimum absolute atomic E-state index is 0.0606. The van der Waals surface area contributed by atoms with Crippen LogP contribution in [-0.2, 0) is 0 Å². The molecule has 5 nitrogen and oxygen atoms in total. The summed E-state index contributed by atoms with van der Waals surface area (Å²) in [7, 11) is 0. The molecule has 0 saturated carbocycles. The topological polar surface area (TPSA) is 62.7 Å². The van der Waals surface area contributed by atoms with Crippen LogP contribution in [0.15, 0.2) is 18.3 Å². The zero-order valence-corrected chi connectivity index (χ0v) is 12.0. The molecule has 0 spiro atoms. The lowest BCUT2D eigenvalue weighted by atomic mass is 10.2. The van der Waals surface area contributed by atoms with E-state index in [4.69, 9.17) is 4.74 Å². The van der Waals surface area contributed by atoms with Gasteiger partial charge in [-0.2, -0.15) is 11.8 Å². The van der Waals surface area contributed by atoms with E-state index in [1.165, 1.54) is 0 Å². The number of rotatable bonds is 3. The van der Waals surface area contributed by atoms with Crippen molar-refractivity contribution < 1.29 is 14.6 Å². The fourth-order valence-corrected chi connectivity index (χ4v) is 3.59. The van der Waals surface area contributed by atoms with Crippen molar-refractivity contribution in [3.05, 3.63) is 23.9 Å². The van der Waals surface area contributed by atoms with E-state index in [0.717, 1.165) is 17.9 Å². The maximum atomic E-state index is 12.3. The normalized spacial score (nSPS) is 25.9. The third-order valence-electron chi connectivity index (χ3n) is 3.61. The van der Waals surface area contributed by atoms with Gasteiger partial charge in [0.2, 0.25) is 5.88 Å². The van der Waals surface area contributed by atoms with Crippen LogP contribution >= 0.6 is 11.8 Å². The lowest BCUT2D eigenvalue weighted by molar-refractivity contribution is 0.0764. The van der Waals surface area contributed by atoms with E-state index in [1.54, 1.807) is 23.2 Å². The van der Waals surface area contributed by atoms with Crippen molar-refractivity contribution in [1.82, 2.24) is 9.88 Å². The first-order valence-electron chi connectivity index (χ1n) is 6.90. The molecule has 6 heteroatoms. The van der Waals surface area contributed by atoms with Crippen LogP contribution in [0.5, 0.6) is 5.88 Å². The zero-order chi connectivity index (χ0) is 13.9. The smallest absolute Gasteiger partial charge is 0.254 e. The fourth-order valence-electron chi connectivity index (χ4n) is 2.49. The quantitative estimate of drug-likeness (QED) is 0.907. The van der Waals surface area contributed by atoms with Crippen LogP contribution in [-0.4, -0.2) is 57.7 Å². The molecule has 2 saturated heterocycles. The molecular weight excluding hydrogens is 276 g/mol. The number of aliphatic hydroxyl groups excluding tert-OH is 1. The summed E-state index contributed by atoms with van der Waals surface area (Å²) in [6, 6.07) is 3.40. The summed E-state index contributed by atoms with van der Waals surface area (Å²) in [6.07, 6.45) is 3.10. The van der Waals surface area contributed by atoms with Crippen LogP contribution in [0.25, 0.3) is 0 Å². The number of ether oxygens (including phenoxy) is 1. The molecule has 1 aromatic rings. The van der Waals surface area contributed by atoms with Crippen LogP contribution in [0.4, 0.5) is 0 Å². The Kier molecular flexibility index (Phi) is 4.12. The molecule has 1 N–H and O–H groups in total. The Morgan fingerprint density at radius 3 is 3.10 bits per heavy atom. The van der Waals surface area contributed by atoms with Crippen LogP contribution in [0.1, 0.15) is 23.2 Å². The van der Waals surface area contributed by atoms with E-state index in [2.05, 4.69) is 4.98 Å². The van der Waals surface area contributed by atoms with Crippen LogP contribution in [0, 0.1) is 0 Å². The number of aliphatic hydroxyl groups is 1. The Morgan fingerprint density at radius 1 is 1.50 bits per heavy atom. The number of carbonyl (C=O) groups excluding carboxylic acids is 1. The van der Waals surface area contributed by atoms with Crippen LogP contribution in [0.3, 0.4) is 0 Å². The van der Waals surface area contributed by atoms with Crippen molar-refractivity contribution in [3.8, 4) is 5.88 Å². The maximum Gasteiger partial charge on any atom is 0.254 e. The van der Waals surface area contributed by atoms with E-state index >= 15 is 0 Å². The highest BCUT2D eigenvalue weighted by atomic mass is 32.2. The van der Waals surface area contributed by atoms with E-state index in [0.29, 0.717) is 31.0 Å². The molecule has 108 valence electrons. The number of β-amino-alcohol motifs (C(OH)–C–C–N with tert-alkyl or cyclic N) is 1. The summed E-state index contributed by atoms with van der Waals surface area (Å²) in [5.74, 6) is 2.56. The van der Waals surface area contributed by atoms with Gasteiger partial charge in [0.1, 0.15) is 6.10 Å². The van der Waals surface area contributed by atoms with Gasteiger partial charge in [0, 0.05) is 36.7 Å². The largest absolute Gasteiger partial charge is 0.473 e. The molecule has 2 fully saturated rings. The Morgan fingerprint density at radius 2 is 2.40 bits per heavy atom. The number of hydrogen-bond donors (Lipinski definition) is 1. The highest BCUT2D eigenvalue weighted by Crippen LogP contribution is 2.23. The van der Waals surface area contributed by atoms with Gasteiger partial charge in [0.05, 0.1) is 6.10 Å². The number of amides is 1. The zero-order valence-electron chi connectivity index (χ0n) is 11.2. The number of aromatic nitrogens is 1. The second-order valence-corrected chi connectivity index (χ2v) is 6.33. The SMILES string of the molecule is O=C(c1ccnc(OC2CCSC2)c1)N1CCC(O)C1. The average molecular weight is 294 g/mol. The molecule has 0 aliphatic carbocycles. The predicted molar refractivity (Wildman–Crippen MR) is 77.1 cm³/mol. The van der Waals surface area contributed by atoms with Gasteiger partial charge in [0.15, 0.2) is 0 Å².